The Morgan fingerprint density at radius 2 is 2.08 bits per heavy atom. The molecule has 2 fully saturated rings. The second-order valence-corrected chi connectivity index (χ2v) is 7.08. The van der Waals surface area contributed by atoms with E-state index in [0.29, 0.717) is 18.0 Å². The van der Waals surface area contributed by atoms with Gasteiger partial charge in [-0.05, 0) is 23.5 Å². The number of rotatable bonds is 4. The first-order chi connectivity index (χ1) is 12.6. The summed E-state index contributed by atoms with van der Waals surface area (Å²) in [5.41, 5.74) is 1.10. The Hall–Kier alpha value is -2.44. The van der Waals surface area contributed by atoms with Crippen molar-refractivity contribution >= 4 is 5.91 Å². The summed E-state index contributed by atoms with van der Waals surface area (Å²) in [4.78, 5) is 18.6. The van der Waals surface area contributed by atoms with E-state index in [1.807, 2.05) is 30.3 Å². The first kappa shape index (κ1) is 17.0. The first-order valence-corrected chi connectivity index (χ1v) is 8.75. The quantitative estimate of drug-likeness (QED) is 0.865. The van der Waals surface area contributed by atoms with Crippen LogP contribution in [0.2, 0.25) is 0 Å². The van der Waals surface area contributed by atoms with Crippen molar-refractivity contribution in [2.45, 2.75) is 12.0 Å². The highest BCUT2D eigenvalue weighted by Gasteiger charge is 2.71. The molecule has 1 aromatic carbocycles. The maximum atomic E-state index is 12.8. The summed E-state index contributed by atoms with van der Waals surface area (Å²) in [7, 11) is 1.52. The molecule has 2 heterocycles. The van der Waals surface area contributed by atoms with Crippen LogP contribution >= 0.6 is 0 Å². The molecule has 1 spiro atoms. The summed E-state index contributed by atoms with van der Waals surface area (Å²) >= 11 is 0. The van der Waals surface area contributed by atoms with E-state index in [1.54, 1.807) is 17.0 Å². The SMILES string of the molecule is COc1ccc(C(=O)N2C[C@H](O)[C@@]3(C2)[C@H](CO)[C@H]3c2ccccc2)cn1. The second kappa shape index (κ2) is 6.37. The van der Waals surface area contributed by atoms with Crippen molar-refractivity contribution in [1.82, 2.24) is 9.88 Å². The van der Waals surface area contributed by atoms with E-state index in [9.17, 15) is 15.0 Å². The molecule has 0 bridgehead atoms. The number of aromatic nitrogens is 1. The zero-order valence-electron chi connectivity index (χ0n) is 14.6. The summed E-state index contributed by atoms with van der Waals surface area (Å²) < 4.78 is 5.02. The molecule has 26 heavy (non-hydrogen) atoms. The molecule has 4 rings (SSSR count). The van der Waals surface area contributed by atoms with Crippen molar-refractivity contribution in [1.29, 1.82) is 0 Å². The van der Waals surface area contributed by atoms with E-state index in [2.05, 4.69) is 4.98 Å². The highest BCUT2D eigenvalue weighted by molar-refractivity contribution is 5.94. The molecule has 6 nitrogen and oxygen atoms in total. The molecule has 136 valence electrons. The van der Waals surface area contributed by atoms with Gasteiger partial charge in [-0.25, -0.2) is 4.98 Å². The Balaban J connectivity index is 1.56. The maximum Gasteiger partial charge on any atom is 0.255 e. The van der Waals surface area contributed by atoms with Gasteiger partial charge in [-0.1, -0.05) is 30.3 Å². The number of benzene rings is 1. The van der Waals surface area contributed by atoms with Crippen LogP contribution < -0.4 is 4.74 Å². The van der Waals surface area contributed by atoms with Crippen molar-refractivity contribution in [3.8, 4) is 5.88 Å². The number of nitrogens with zero attached hydrogens (tertiary/aromatic N) is 2. The molecule has 1 amide bonds. The van der Waals surface area contributed by atoms with Crippen LogP contribution in [0.15, 0.2) is 48.7 Å². The van der Waals surface area contributed by atoms with Gasteiger partial charge >= 0.3 is 0 Å². The molecule has 1 aromatic heterocycles. The molecule has 4 atom stereocenters. The minimum atomic E-state index is -0.653. The number of β-amino-alcohol motifs (C(OH)–C–C–N with tert-alkyl or cyclic N) is 1. The topological polar surface area (TPSA) is 82.9 Å². The van der Waals surface area contributed by atoms with Gasteiger partial charge in [0.2, 0.25) is 5.88 Å². The number of ether oxygens (including phenoxy) is 1. The zero-order valence-corrected chi connectivity index (χ0v) is 14.6. The molecule has 2 N–H and O–H groups in total. The van der Waals surface area contributed by atoms with Gasteiger partial charge in [0.25, 0.3) is 5.91 Å². The third-order valence-corrected chi connectivity index (χ3v) is 5.88. The third kappa shape index (κ3) is 2.48. The van der Waals surface area contributed by atoms with Crippen LogP contribution in [0.1, 0.15) is 21.8 Å². The molecular weight excluding hydrogens is 332 g/mol. The van der Waals surface area contributed by atoms with Crippen molar-refractivity contribution in [2.75, 3.05) is 26.8 Å². The minimum absolute atomic E-state index is 0.00272. The third-order valence-electron chi connectivity index (χ3n) is 5.88. The van der Waals surface area contributed by atoms with E-state index in [0.717, 1.165) is 5.56 Å². The van der Waals surface area contributed by atoms with E-state index >= 15 is 0 Å². The van der Waals surface area contributed by atoms with Crippen LogP contribution in [0.5, 0.6) is 5.88 Å². The Kier molecular flexibility index (Phi) is 4.17. The fourth-order valence-electron chi connectivity index (χ4n) is 4.53. The summed E-state index contributed by atoms with van der Waals surface area (Å²) in [6.07, 6.45) is 0.837. The molecular formula is C20H22N2O4. The fraction of sp³-hybridized carbons (Fsp3) is 0.400. The Labute approximate surface area is 152 Å². The Bertz CT molecular complexity index is 795. The lowest BCUT2D eigenvalue weighted by molar-refractivity contribution is 0.0763. The summed E-state index contributed by atoms with van der Waals surface area (Å²) in [6.45, 7) is 0.706. The number of methoxy groups -OCH3 is 1. The van der Waals surface area contributed by atoms with Crippen LogP contribution in [0.25, 0.3) is 0 Å². The first-order valence-electron chi connectivity index (χ1n) is 8.75. The van der Waals surface area contributed by atoms with Crippen LogP contribution in [0.3, 0.4) is 0 Å². The molecule has 2 aliphatic rings. The van der Waals surface area contributed by atoms with Crippen molar-refractivity contribution in [2.24, 2.45) is 11.3 Å². The smallest absolute Gasteiger partial charge is 0.255 e. The van der Waals surface area contributed by atoms with Crippen LogP contribution in [-0.4, -0.2) is 58.9 Å². The van der Waals surface area contributed by atoms with Gasteiger partial charge in [-0.3, -0.25) is 4.79 Å². The fourth-order valence-corrected chi connectivity index (χ4v) is 4.53. The average Bonchev–Trinajstić information content (AvgIpc) is 3.23. The molecule has 2 aromatic rings. The van der Waals surface area contributed by atoms with Crippen molar-refractivity contribution in [3.63, 3.8) is 0 Å². The largest absolute Gasteiger partial charge is 0.481 e. The molecule has 1 saturated carbocycles. The van der Waals surface area contributed by atoms with E-state index < -0.39 is 11.5 Å². The molecule has 6 heteroatoms. The number of pyridine rings is 1. The predicted octanol–water partition coefficient (Wildman–Crippen LogP) is 1.30. The zero-order chi connectivity index (χ0) is 18.3. The number of hydrogen-bond acceptors (Lipinski definition) is 5. The number of carbonyl (C=O) groups excluding carboxylic acids is 1. The lowest BCUT2D eigenvalue weighted by atomic mass is 9.95. The molecule has 0 unspecified atom stereocenters. The van der Waals surface area contributed by atoms with Crippen molar-refractivity contribution in [3.05, 3.63) is 59.8 Å². The average molecular weight is 354 g/mol. The summed E-state index contributed by atoms with van der Waals surface area (Å²) in [5, 5.41) is 20.6. The standard InChI is InChI=1S/C20H22N2O4/c1-26-17-8-7-14(9-21-17)19(25)22-10-16(24)20(12-22)15(11-23)18(20)13-5-3-2-4-6-13/h2-9,15-16,18,23-24H,10-12H2,1H3/t15-,16+,18-,20-/m1/s1. The van der Waals surface area contributed by atoms with Gasteiger partial charge in [0.1, 0.15) is 0 Å². The molecule has 1 aliphatic heterocycles. The van der Waals surface area contributed by atoms with Gasteiger partial charge in [-0.2, -0.15) is 0 Å². The number of hydrogen-bond donors (Lipinski definition) is 2. The summed E-state index contributed by atoms with van der Waals surface area (Å²) in [6, 6.07) is 13.2. The predicted molar refractivity (Wildman–Crippen MR) is 94.9 cm³/mol. The number of amides is 1. The highest BCUT2D eigenvalue weighted by atomic mass is 16.5. The second-order valence-electron chi connectivity index (χ2n) is 7.08. The number of aliphatic hydroxyl groups excluding tert-OH is 2. The molecule has 1 aliphatic carbocycles. The van der Waals surface area contributed by atoms with E-state index in [4.69, 9.17) is 4.74 Å². The number of aliphatic hydroxyl groups is 2. The molecule has 1 saturated heterocycles. The van der Waals surface area contributed by atoms with Gasteiger partial charge in [0, 0.05) is 37.4 Å². The monoisotopic (exact) mass is 354 g/mol. The van der Waals surface area contributed by atoms with Gasteiger partial charge in [0.05, 0.1) is 18.8 Å². The highest BCUT2D eigenvalue weighted by Crippen LogP contribution is 2.68. The summed E-state index contributed by atoms with van der Waals surface area (Å²) in [5.74, 6) is 0.319. The van der Waals surface area contributed by atoms with E-state index in [1.165, 1.54) is 13.3 Å². The van der Waals surface area contributed by atoms with Crippen LogP contribution in [0, 0.1) is 11.3 Å². The van der Waals surface area contributed by atoms with Gasteiger partial charge < -0.3 is 19.8 Å². The lowest BCUT2D eigenvalue weighted by Gasteiger charge is -2.17. The van der Waals surface area contributed by atoms with Crippen LogP contribution in [-0.2, 0) is 0 Å². The van der Waals surface area contributed by atoms with Gasteiger partial charge in [0.15, 0.2) is 0 Å². The van der Waals surface area contributed by atoms with E-state index in [-0.39, 0.29) is 30.9 Å². The maximum absolute atomic E-state index is 12.8. The van der Waals surface area contributed by atoms with Crippen molar-refractivity contribution < 1.29 is 19.7 Å². The number of carbonyl (C=O) groups is 1. The number of likely N-dealkylation sites (tertiary alicyclic amines) is 1. The molecule has 0 radical (unpaired) electrons. The van der Waals surface area contributed by atoms with Crippen LogP contribution in [0.4, 0.5) is 0 Å². The Morgan fingerprint density at radius 3 is 2.69 bits per heavy atom. The minimum Gasteiger partial charge on any atom is -0.481 e. The van der Waals surface area contributed by atoms with Gasteiger partial charge in [-0.15, -0.1) is 0 Å². The lowest BCUT2D eigenvalue weighted by Crippen LogP contribution is -2.29. The normalized spacial score (nSPS) is 29.8. The Morgan fingerprint density at radius 1 is 1.31 bits per heavy atom.